The number of cyclic esters (lactones) is 1. The lowest BCUT2D eigenvalue weighted by atomic mass is 9.86. The maximum absolute atomic E-state index is 14.3. The van der Waals surface area contributed by atoms with Gasteiger partial charge in [0.25, 0.3) is 5.56 Å². The van der Waals surface area contributed by atoms with Crippen LogP contribution in [0.3, 0.4) is 0 Å². The van der Waals surface area contributed by atoms with Gasteiger partial charge in [0.1, 0.15) is 6.61 Å². The minimum absolute atomic E-state index is 0.0455. The first kappa shape index (κ1) is 22.7. The third-order valence-electron chi connectivity index (χ3n) is 7.62. The Kier molecular flexibility index (Phi) is 4.66. The van der Waals surface area contributed by atoms with Crippen LogP contribution >= 0.6 is 0 Å². The van der Waals surface area contributed by atoms with Gasteiger partial charge in [0.05, 0.1) is 36.1 Å². The van der Waals surface area contributed by atoms with Crippen LogP contribution in [0.25, 0.3) is 33.4 Å². The molecule has 3 aliphatic heterocycles. The number of carbonyl (C=O) groups excluding carboxylic acids is 1. The lowest BCUT2D eigenvalue weighted by molar-refractivity contribution is -0.172. The Morgan fingerprint density at radius 3 is 2.66 bits per heavy atom. The van der Waals surface area contributed by atoms with Crippen molar-refractivity contribution >= 4 is 16.9 Å². The molecule has 3 aliphatic rings. The number of rotatable bonds is 3. The molecule has 0 amide bonds. The van der Waals surface area contributed by atoms with E-state index in [1.54, 1.807) is 35.8 Å². The van der Waals surface area contributed by atoms with Crippen LogP contribution in [0.15, 0.2) is 41.2 Å². The summed E-state index contributed by atoms with van der Waals surface area (Å²) in [6, 6.07) is 9.84. The summed E-state index contributed by atoms with van der Waals surface area (Å²) in [5.41, 5.74) is 1.88. The fourth-order valence-corrected chi connectivity index (χ4v) is 5.61. The van der Waals surface area contributed by atoms with E-state index in [4.69, 9.17) is 23.9 Å². The van der Waals surface area contributed by atoms with Crippen molar-refractivity contribution in [3.8, 4) is 39.8 Å². The van der Waals surface area contributed by atoms with Crippen molar-refractivity contribution in [2.45, 2.75) is 32.1 Å². The first-order chi connectivity index (χ1) is 18.3. The standard InChI is InChI=1S/C28H21FN2O7/c1-3-28(34)17-8-20-25-15(10-31(20)26(32)16(17)11-36-27(28)33)24(13-4-5-18(29)21(6-13)35-2)14-7-22-23(38-12-37-22)9-19(14)30-25/h4-9,34H,3,10-12H2,1-2H3/t28-/m0/s1. The Morgan fingerprint density at radius 1 is 1.11 bits per heavy atom. The first-order valence-electron chi connectivity index (χ1n) is 12.1. The van der Waals surface area contributed by atoms with Gasteiger partial charge in [-0.1, -0.05) is 13.0 Å². The van der Waals surface area contributed by atoms with Crippen molar-refractivity contribution in [1.82, 2.24) is 9.55 Å². The molecule has 192 valence electrons. The van der Waals surface area contributed by atoms with E-state index in [9.17, 15) is 19.1 Å². The molecule has 0 bridgehead atoms. The highest BCUT2D eigenvalue weighted by molar-refractivity contribution is 6.01. The number of hydrogen-bond donors (Lipinski definition) is 1. The van der Waals surface area contributed by atoms with E-state index >= 15 is 0 Å². The first-order valence-corrected chi connectivity index (χ1v) is 12.1. The summed E-state index contributed by atoms with van der Waals surface area (Å²) in [6.07, 6.45) is 0.0455. The molecule has 10 heteroatoms. The lowest BCUT2D eigenvalue weighted by Crippen LogP contribution is -2.44. The van der Waals surface area contributed by atoms with E-state index in [0.29, 0.717) is 34.0 Å². The number of ether oxygens (including phenoxy) is 4. The molecule has 0 aliphatic carbocycles. The molecule has 0 unspecified atom stereocenters. The molecule has 38 heavy (non-hydrogen) atoms. The molecule has 0 fully saturated rings. The second kappa shape index (κ2) is 7.78. The highest BCUT2D eigenvalue weighted by Gasteiger charge is 2.45. The van der Waals surface area contributed by atoms with Gasteiger partial charge in [-0.25, -0.2) is 14.2 Å². The topological polar surface area (TPSA) is 109 Å². The summed E-state index contributed by atoms with van der Waals surface area (Å²) in [6.45, 7) is 1.71. The number of benzene rings is 2. The summed E-state index contributed by atoms with van der Waals surface area (Å²) < 4.78 is 37.5. The molecular weight excluding hydrogens is 495 g/mol. The third-order valence-corrected chi connectivity index (χ3v) is 7.62. The van der Waals surface area contributed by atoms with Crippen LogP contribution in [0.2, 0.25) is 0 Å². The second-order valence-electron chi connectivity index (χ2n) is 9.49. The second-order valence-corrected chi connectivity index (χ2v) is 9.49. The predicted octanol–water partition coefficient (Wildman–Crippen LogP) is 3.62. The smallest absolute Gasteiger partial charge is 0.343 e. The lowest BCUT2D eigenvalue weighted by Gasteiger charge is -2.31. The van der Waals surface area contributed by atoms with Crippen LogP contribution < -0.4 is 19.8 Å². The molecule has 0 saturated carbocycles. The minimum Gasteiger partial charge on any atom is -0.494 e. The zero-order valence-electron chi connectivity index (χ0n) is 20.5. The monoisotopic (exact) mass is 516 g/mol. The summed E-state index contributed by atoms with van der Waals surface area (Å²) in [5, 5.41) is 11.9. The number of esters is 1. The van der Waals surface area contributed by atoms with E-state index in [2.05, 4.69) is 0 Å². The van der Waals surface area contributed by atoms with Gasteiger partial charge >= 0.3 is 5.97 Å². The molecule has 4 aromatic rings. The molecule has 2 aromatic carbocycles. The van der Waals surface area contributed by atoms with Crippen LogP contribution in [0.1, 0.15) is 30.0 Å². The molecular formula is C28H21FN2O7. The summed E-state index contributed by atoms with van der Waals surface area (Å²) in [4.78, 5) is 31.1. The quantitative estimate of drug-likeness (QED) is 0.362. The number of pyridine rings is 2. The SMILES string of the molecule is CC[C@@]1(O)C(=O)OCc2c1cc1n(c2=O)Cc2c-1nc1cc3c(cc1c2-c1ccc(F)c(OC)c1)OCO3. The molecule has 5 heterocycles. The number of halogens is 1. The molecule has 7 rings (SSSR count). The number of fused-ring (bicyclic) bond motifs is 6. The van der Waals surface area contributed by atoms with Gasteiger partial charge in [0, 0.05) is 22.6 Å². The zero-order chi connectivity index (χ0) is 26.3. The Labute approximate surface area is 215 Å². The molecule has 0 spiro atoms. The van der Waals surface area contributed by atoms with Gasteiger partial charge in [-0.3, -0.25) is 4.79 Å². The van der Waals surface area contributed by atoms with Crippen molar-refractivity contribution in [2.75, 3.05) is 13.9 Å². The van der Waals surface area contributed by atoms with Gasteiger partial charge in [-0.15, -0.1) is 0 Å². The highest BCUT2D eigenvalue weighted by atomic mass is 19.1. The largest absolute Gasteiger partial charge is 0.494 e. The molecule has 0 saturated heterocycles. The van der Waals surface area contributed by atoms with Crippen LogP contribution in [-0.2, 0) is 28.3 Å². The average Bonchev–Trinajstić information content (AvgIpc) is 3.53. The average molecular weight is 516 g/mol. The van der Waals surface area contributed by atoms with Crippen molar-refractivity contribution < 1.29 is 33.2 Å². The van der Waals surface area contributed by atoms with Crippen molar-refractivity contribution in [3.63, 3.8) is 0 Å². The minimum atomic E-state index is -1.93. The molecule has 1 atom stereocenters. The zero-order valence-corrected chi connectivity index (χ0v) is 20.5. The maximum atomic E-state index is 14.3. The molecule has 2 aromatic heterocycles. The van der Waals surface area contributed by atoms with Crippen LogP contribution in [0.5, 0.6) is 17.2 Å². The van der Waals surface area contributed by atoms with Gasteiger partial charge in [0.15, 0.2) is 28.7 Å². The van der Waals surface area contributed by atoms with E-state index in [0.717, 1.165) is 16.5 Å². The number of nitrogens with zero attached hydrogens (tertiary/aromatic N) is 2. The van der Waals surface area contributed by atoms with E-state index in [1.165, 1.54) is 13.2 Å². The van der Waals surface area contributed by atoms with Crippen LogP contribution in [0, 0.1) is 5.82 Å². The number of carbonyl (C=O) groups is 1. The normalized spacial score (nSPS) is 18.7. The molecule has 0 radical (unpaired) electrons. The summed E-state index contributed by atoms with van der Waals surface area (Å²) in [7, 11) is 1.40. The predicted molar refractivity (Wildman–Crippen MR) is 133 cm³/mol. The van der Waals surface area contributed by atoms with Crippen molar-refractivity contribution in [1.29, 1.82) is 0 Å². The number of methoxy groups -OCH3 is 1. The van der Waals surface area contributed by atoms with Gasteiger partial charge < -0.3 is 28.6 Å². The van der Waals surface area contributed by atoms with E-state index < -0.39 is 17.4 Å². The molecule has 1 N–H and O–H groups in total. The van der Waals surface area contributed by atoms with E-state index in [1.807, 2.05) is 6.07 Å². The van der Waals surface area contributed by atoms with Gasteiger partial charge in [0.2, 0.25) is 6.79 Å². The Balaban J connectivity index is 1.56. The van der Waals surface area contributed by atoms with E-state index in [-0.39, 0.29) is 48.8 Å². The highest BCUT2D eigenvalue weighted by Crippen LogP contribution is 2.46. The summed E-state index contributed by atoms with van der Waals surface area (Å²) >= 11 is 0. The van der Waals surface area contributed by atoms with Crippen molar-refractivity contribution in [3.05, 3.63) is 69.3 Å². The van der Waals surface area contributed by atoms with Crippen LogP contribution in [-0.4, -0.2) is 34.5 Å². The Hall–Kier alpha value is -4.44. The number of aromatic nitrogens is 2. The van der Waals surface area contributed by atoms with Crippen LogP contribution in [0.4, 0.5) is 4.39 Å². The summed E-state index contributed by atoms with van der Waals surface area (Å²) in [5.74, 6) is -0.111. The van der Waals surface area contributed by atoms with Gasteiger partial charge in [-0.05, 0) is 41.8 Å². The molecule has 9 nitrogen and oxygen atoms in total. The van der Waals surface area contributed by atoms with Gasteiger partial charge in [-0.2, -0.15) is 0 Å². The number of aliphatic hydroxyl groups is 1. The fourth-order valence-electron chi connectivity index (χ4n) is 5.61. The number of hydrogen-bond acceptors (Lipinski definition) is 8. The maximum Gasteiger partial charge on any atom is 0.343 e. The Morgan fingerprint density at radius 2 is 1.89 bits per heavy atom. The fraction of sp³-hybridized carbons (Fsp3) is 0.250. The third kappa shape index (κ3) is 2.91. The van der Waals surface area contributed by atoms with Crippen molar-refractivity contribution in [2.24, 2.45) is 0 Å². The Bertz CT molecular complexity index is 1780.